The van der Waals surface area contributed by atoms with Crippen molar-refractivity contribution in [3.8, 4) is 0 Å². The number of thiophene rings is 1. The second kappa shape index (κ2) is 6.15. The molecule has 1 saturated heterocycles. The molecule has 114 valence electrons. The second-order valence-electron chi connectivity index (χ2n) is 4.88. The predicted molar refractivity (Wildman–Crippen MR) is 84.6 cm³/mol. The monoisotopic (exact) mass is 309 g/mol. The number of nitrogen functional groups attached to an aromatic ring is 1. The maximum absolute atomic E-state index is 12.1. The van der Waals surface area contributed by atoms with Gasteiger partial charge in [-0.1, -0.05) is 6.08 Å². The van der Waals surface area contributed by atoms with Crippen LogP contribution in [0.1, 0.15) is 26.5 Å². The Morgan fingerprint density at radius 2 is 2.24 bits per heavy atom. The number of hydrogen-bond donors (Lipinski definition) is 4. The van der Waals surface area contributed by atoms with E-state index in [2.05, 4.69) is 11.9 Å². The largest absolute Gasteiger partial charge is 0.397 e. The molecule has 0 spiro atoms. The van der Waals surface area contributed by atoms with Gasteiger partial charge in [-0.3, -0.25) is 9.59 Å². The van der Waals surface area contributed by atoms with Gasteiger partial charge in [-0.2, -0.15) is 0 Å². The highest BCUT2D eigenvalue weighted by atomic mass is 32.1. The minimum absolute atomic E-state index is 0.0482. The molecule has 1 aliphatic rings. The van der Waals surface area contributed by atoms with E-state index in [0.29, 0.717) is 23.0 Å². The summed E-state index contributed by atoms with van der Waals surface area (Å²) in [6.07, 6.45) is 2.39. The van der Waals surface area contributed by atoms with Gasteiger partial charge < -0.3 is 27.4 Å². The molecule has 0 radical (unpaired) electrons. The molecule has 0 saturated carbocycles. The van der Waals surface area contributed by atoms with E-state index in [9.17, 15) is 9.59 Å². The summed E-state index contributed by atoms with van der Waals surface area (Å²) in [4.78, 5) is 26.0. The van der Waals surface area contributed by atoms with E-state index < -0.39 is 5.91 Å². The minimum atomic E-state index is -0.637. The van der Waals surface area contributed by atoms with E-state index in [0.717, 1.165) is 13.0 Å². The van der Waals surface area contributed by atoms with Crippen molar-refractivity contribution in [2.75, 3.05) is 30.3 Å². The van der Waals surface area contributed by atoms with Crippen LogP contribution in [0.3, 0.4) is 0 Å². The van der Waals surface area contributed by atoms with Crippen LogP contribution in [0, 0.1) is 0 Å². The third-order valence-corrected chi connectivity index (χ3v) is 4.56. The highest BCUT2D eigenvalue weighted by Crippen LogP contribution is 2.39. The van der Waals surface area contributed by atoms with Crippen molar-refractivity contribution in [3.05, 3.63) is 23.1 Å². The Morgan fingerprint density at radius 1 is 1.52 bits per heavy atom. The summed E-state index contributed by atoms with van der Waals surface area (Å²) in [5.74, 6) is -0.975. The molecule has 0 aliphatic carbocycles. The summed E-state index contributed by atoms with van der Waals surface area (Å²) in [6.45, 7) is 5.19. The van der Waals surface area contributed by atoms with Crippen molar-refractivity contribution < 1.29 is 9.59 Å². The first-order valence-electron chi connectivity index (χ1n) is 6.57. The van der Waals surface area contributed by atoms with Crippen molar-refractivity contribution in [1.29, 1.82) is 0 Å². The molecule has 2 rings (SSSR count). The average Bonchev–Trinajstić information content (AvgIpc) is 2.99. The Kier molecular flexibility index (Phi) is 4.49. The molecular formula is C13H19N5O2S. The molecule has 2 amide bonds. The zero-order chi connectivity index (χ0) is 15.6. The number of nitrogens with two attached hydrogens (primary N) is 3. The second-order valence-corrected chi connectivity index (χ2v) is 5.88. The van der Waals surface area contributed by atoms with E-state index in [1.807, 2.05) is 4.90 Å². The zero-order valence-corrected chi connectivity index (χ0v) is 12.4. The van der Waals surface area contributed by atoms with Gasteiger partial charge >= 0.3 is 0 Å². The molecule has 1 aliphatic heterocycles. The normalized spacial score (nSPS) is 17.8. The molecule has 21 heavy (non-hydrogen) atoms. The third-order valence-electron chi connectivity index (χ3n) is 3.30. The number of nitrogens with one attached hydrogen (secondary N) is 1. The third kappa shape index (κ3) is 3.01. The zero-order valence-electron chi connectivity index (χ0n) is 11.6. The van der Waals surface area contributed by atoms with Gasteiger partial charge in [-0.05, 0) is 6.42 Å². The summed E-state index contributed by atoms with van der Waals surface area (Å²) in [5.41, 5.74) is 17.6. The number of amides is 2. The Hall–Kier alpha value is -2.06. The first-order chi connectivity index (χ1) is 9.95. The van der Waals surface area contributed by atoms with Gasteiger partial charge in [-0.25, -0.2) is 0 Å². The van der Waals surface area contributed by atoms with E-state index in [-0.39, 0.29) is 23.2 Å². The summed E-state index contributed by atoms with van der Waals surface area (Å²) >= 11 is 1.17. The lowest BCUT2D eigenvalue weighted by Gasteiger charge is -2.16. The number of nitrogens with zero attached hydrogens (tertiary/aromatic N) is 1. The van der Waals surface area contributed by atoms with Gasteiger partial charge in [0, 0.05) is 25.7 Å². The van der Waals surface area contributed by atoms with Gasteiger partial charge in [0.05, 0.1) is 11.3 Å². The Morgan fingerprint density at radius 3 is 2.76 bits per heavy atom. The molecule has 1 fully saturated rings. The number of hydrogen-bond acceptors (Lipinski definition) is 6. The fraction of sp³-hybridized carbons (Fsp3) is 0.385. The van der Waals surface area contributed by atoms with Crippen molar-refractivity contribution in [1.82, 2.24) is 5.32 Å². The maximum Gasteiger partial charge on any atom is 0.263 e. The van der Waals surface area contributed by atoms with Gasteiger partial charge in [0.25, 0.3) is 11.8 Å². The minimum Gasteiger partial charge on any atom is -0.397 e. The van der Waals surface area contributed by atoms with Crippen LogP contribution in [-0.4, -0.2) is 37.5 Å². The van der Waals surface area contributed by atoms with Crippen molar-refractivity contribution in [3.63, 3.8) is 0 Å². The summed E-state index contributed by atoms with van der Waals surface area (Å²) in [6, 6.07) is 0.0482. The molecular weight excluding hydrogens is 290 g/mol. The number of anilines is 2. The maximum atomic E-state index is 12.1. The molecule has 8 heteroatoms. The van der Waals surface area contributed by atoms with E-state index in [1.54, 1.807) is 6.08 Å². The summed E-state index contributed by atoms with van der Waals surface area (Å²) in [5, 5.41) is 3.27. The van der Waals surface area contributed by atoms with Crippen molar-refractivity contribution in [2.24, 2.45) is 11.5 Å². The van der Waals surface area contributed by atoms with Gasteiger partial charge in [0.15, 0.2) is 0 Å². The van der Waals surface area contributed by atoms with Crippen LogP contribution in [-0.2, 0) is 0 Å². The van der Waals surface area contributed by atoms with Gasteiger partial charge in [0.1, 0.15) is 9.88 Å². The Labute approximate surface area is 126 Å². The predicted octanol–water partition coefficient (Wildman–Crippen LogP) is -0.118. The standard InChI is InChI=1S/C13H19N5O2S/c1-2-4-17-12(20)10-9(15)8(11(16)19)13(21-10)18-5-3-7(14)6-18/h2,7H,1,3-6,14-15H2,(H2,16,19)(H,17,20). The van der Waals surface area contributed by atoms with E-state index in [4.69, 9.17) is 17.2 Å². The van der Waals surface area contributed by atoms with Crippen molar-refractivity contribution >= 4 is 33.8 Å². The fourth-order valence-corrected chi connectivity index (χ4v) is 3.46. The van der Waals surface area contributed by atoms with Crippen LogP contribution in [0.25, 0.3) is 0 Å². The summed E-state index contributed by atoms with van der Waals surface area (Å²) < 4.78 is 0. The van der Waals surface area contributed by atoms with Crippen LogP contribution in [0.15, 0.2) is 12.7 Å². The molecule has 7 nitrogen and oxygen atoms in total. The molecule has 2 heterocycles. The molecule has 0 aromatic carbocycles. The molecule has 1 unspecified atom stereocenters. The number of primary amides is 1. The van der Waals surface area contributed by atoms with Gasteiger partial charge in [0.2, 0.25) is 0 Å². The highest BCUT2D eigenvalue weighted by Gasteiger charge is 2.30. The van der Waals surface area contributed by atoms with E-state index >= 15 is 0 Å². The summed E-state index contributed by atoms with van der Waals surface area (Å²) in [7, 11) is 0. The van der Waals surface area contributed by atoms with Crippen LogP contribution >= 0.6 is 11.3 Å². The smallest absolute Gasteiger partial charge is 0.263 e. The molecule has 1 aromatic heterocycles. The topological polar surface area (TPSA) is 127 Å². The first kappa shape index (κ1) is 15.3. The van der Waals surface area contributed by atoms with E-state index in [1.165, 1.54) is 11.3 Å². The number of carbonyl (C=O) groups is 2. The average molecular weight is 309 g/mol. The van der Waals surface area contributed by atoms with Crippen LogP contribution < -0.4 is 27.4 Å². The molecule has 1 aromatic rings. The first-order valence-corrected chi connectivity index (χ1v) is 7.39. The molecule has 7 N–H and O–H groups in total. The SMILES string of the molecule is C=CCNC(=O)c1sc(N2CCC(N)C2)c(C(N)=O)c1N. The van der Waals surface area contributed by atoms with Crippen LogP contribution in [0.4, 0.5) is 10.7 Å². The number of carbonyl (C=O) groups excluding carboxylic acids is 2. The fourth-order valence-electron chi connectivity index (χ4n) is 2.28. The lowest BCUT2D eigenvalue weighted by Crippen LogP contribution is -2.27. The van der Waals surface area contributed by atoms with Crippen molar-refractivity contribution in [2.45, 2.75) is 12.5 Å². The van der Waals surface area contributed by atoms with Gasteiger partial charge in [-0.15, -0.1) is 17.9 Å². The van der Waals surface area contributed by atoms with Crippen LogP contribution in [0.2, 0.25) is 0 Å². The molecule has 1 atom stereocenters. The highest BCUT2D eigenvalue weighted by molar-refractivity contribution is 7.19. The Bertz CT molecular complexity index is 583. The lowest BCUT2D eigenvalue weighted by atomic mass is 10.2. The number of rotatable bonds is 5. The van der Waals surface area contributed by atoms with Crippen LogP contribution in [0.5, 0.6) is 0 Å². The quantitative estimate of drug-likeness (QED) is 0.564. The lowest BCUT2D eigenvalue weighted by molar-refractivity contribution is 0.0962. The Balaban J connectivity index is 2.38. The molecule has 0 bridgehead atoms.